The van der Waals surface area contributed by atoms with E-state index in [2.05, 4.69) is 194 Å². The Morgan fingerprint density at radius 3 is 1.67 bits per heavy atom. The van der Waals surface area contributed by atoms with Gasteiger partial charge in [0.05, 0.1) is 22.0 Å². The van der Waals surface area contributed by atoms with Gasteiger partial charge in [0, 0.05) is 16.5 Å². The summed E-state index contributed by atoms with van der Waals surface area (Å²) in [6.07, 6.45) is 0. The highest BCUT2D eigenvalue weighted by molar-refractivity contribution is 5.97. The molecule has 0 bridgehead atoms. The maximum atomic E-state index is 5.34. The van der Waals surface area contributed by atoms with Crippen LogP contribution in [0.5, 0.6) is 0 Å². The molecule has 0 fully saturated rings. The largest absolute Gasteiger partial charge is 0.228 e. The Balaban J connectivity index is 1.20. The summed E-state index contributed by atoms with van der Waals surface area (Å²) >= 11 is 0. The molecule has 2 atom stereocenters. The number of benzene rings is 8. The fraction of sp³-hybridized carbons (Fsp3) is 0.0385. The first-order valence-corrected chi connectivity index (χ1v) is 18.8. The molecule has 3 aliphatic carbocycles. The van der Waals surface area contributed by atoms with Gasteiger partial charge in [0.2, 0.25) is 0 Å². The normalized spacial score (nSPS) is 18.1. The number of hydrogen-bond donors (Lipinski definition) is 0. The molecule has 0 N–H and O–H groups in total. The summed E-state index contributed by atoms with van der Waals surface area (Å²) in [6, 6.07) is 71.4. The number of nitrogens with zero attached hydrogens (tertiary/aromatic N) is 2. The van der Waals surface area contributed by atoms with Gasteiger partial charge >= 0.3 is 0 Å². The molecular formula is C52H32N2. The second-order valence-electron chi connectivity index (χ2n) is 14.8. The van der Waals surface area contributed by atoms with Crippen molar-refractivity contribution in [3.05, 3.63) is 239 Å². The van der Waals surface area contributed by atoms with Crippen LogP contribution in [0, 0.1) is 0 Å². The molecule has 8 aromatic carbocycles. The molecule has 1 heterocycles. The molecule has 250 valence electrons. The van der Waals surface area contributed by atoms with E-state index in [-0.39, 0.29) is 0 Å². The fourth-order valence-electron chi connectivity index (χ4n) is 10.4. The van der Waals surface area contributed by atoms with Gasteiger partial charge in [0.25, 0.3) is 0 Å². The van der Waals surface area contributed by atoms with Crippen molar-refractivity contribution >= 4 is 10.9 Å². The van der Waals surface area contributed by atoms with E-state index in [0.29, 0.717) is 0 Å². The second kappa shape index (κ2) is 10.8. The molecular weight excluding hydrogens is 653 g/mol. The van der Waals surface area contributed by atoms with Crippen LogP contribution in [-0.4, -0.2) is 9.97 Å². The number of hydrogen-bond acceptors (Lipinski definition) is 2. The minimum absolute atomic E-state index is 0.465. The zero-order chi connectivity index (χ0) is 35.4. The van der Waals surface area contributed by atoms with Crippen molar-refractivity contribution in [2.75, 3.05) is 0 Å². The average molecular weight is 685 g/mol. The van der Waals surface area contributed by atoms with E-state index in [1.165, 1.54) is 66.8 Å². The zero-order valence-electron chi connectivity index (χ0n) is 29.4. The standard InChI is InChI=1S/C52H32N2/c1-3-16-33(17-4-1)49-40-22-9-14-29-47(40)53-50(54-49)34-30-31-38-36-20-7-11-25-42(36)52(46(38)32-34)44-27-13-12-26-43(44)51(35-18-5-2-6-19-35)41-24-10-8-21-37(41)39-23-15-28-45(52)48(39)51/h1-32H. The molecule has 0 radical (unpaired) electrons. The van der Waals surface area contributed by atoms with Crippen LogP contribution in [0.15, 0.2) is 194 Å². The van der Waals surface area contributed by atoms with Gasteiger partial charge in [-0.25, -0.2) is 9.97 Å². The highest BCUT2D eigenvalue weighted by atomic mass is 14.9. The van der Waals surface area contributed by atoms with Crippen LogP contribution < -0.4 is 0 Å². The molecule has 0 aliphatic heterocycles. The Hall–Kier alpha value is -6.90. The van der Waals surface area contributed by atoms with E-state index in [9.17, 15) is 0 Å². The third-order valence-electron chi connectivity index (χ3n) is 12.4. The first-order valence-electron chi connectivity index (χ1n) is 18.8. The zero-order valence-corrected chi connectivity index (χ0v) is 29.4. The molecule has 2 nitrogen and oxygen atoms in total. The van der Waals surface area contributed by atoms with Gasteiger partial charge in [-0.3, -0.25) is 0 Å². The summed E-state index contributed by atoms with van der Waals surface area (Å²) in [6.45, 7) is 0. The second-order valence-corrected chi connectivity index (χ2v) is 14.8. The molecule has 3 aliphatic rings. The van der Waals surface area contributed by atoms with Crippen molar-refractivity contribution in [2.45, 2.75) is 10.8 Å². The average Bonchev–Trinajstić information content (AvgIpc) is 3.72. The van der Waals surface area contributed by atoms with E-state index in [1.54, 1.807) is 0 Å². The first kappa shape index (κ1) is 29.7. The van der Waals surface area contributed by atoms with Crippen molar-refractivity contribution in [1.82, 2.24) is 9.97 Å². The quantitative estimate of drug-likeness (QED) is 0.185. The summed E-state index contributed by atoms with van der Waals surface area (Å²) in [5.74, 6) is 0.731. The van der Waals surface area contributed by atoms with E-state index in [1.807, 2.05) is 0 Å². The fourth-order valence-corrected chi connectivity index (χ4v) is 10.4. The molecule has 2 heteroatoms. The molecule has 9 aromatic rings. The van der Waals surface area contributed by atoms with Crippen LogP contribution in [0.2, 0.25) is 0 Å². The molecule has 1 aromatic heterocycles. The Morgan fingerprint density at radius 1 is 0.333 bits per heavy atom. The predicted molar refractivity (Wildman–Crippen MR) is 219 cm³/mol. The van der Waals surface area contributed by atoms with Crippen LogP contribution in [0.4, 0.5) is 0 Å². The van der Waals surface area contributed by atoms with Crippen LogP contribution in [0.25, 0.3) is 55.8 Å². The summed E-state index contributed by atoms with van der Waals surface area (Å²) in [4.78, 5) is 10.6. The SMILES string of the molecule is c1ccc(-c2nc(-c3ccc4c(c3)C3(c5ccccc5-4)c4ccccc4C4(c5ccccc5)c5ccccc5-c5cccc3c54)nc3ccccc23)cc1. The maximum Gasteiger partial charge on any atom is 0.160 e. The van der Waals surface area contributed by atoms with Crippen LogP contribution in [-0.2, 0) is 10.8 Å². The monoisotopic (exact) mass is 684 g/mol. The van der Waals surface area contributed by atoms with Crippen LogP contribution >= 0.6 is 0 Å². The van der Waals surface area contributed by atoms with Gasteiger partial charge < -0.3 is 0 Å². The molecule has 12 rings (SSSR count). The number of para-hydroxylation sites is 1. The molecule has 2 unspecified atom stereocenters. The Bertz CT molecular complexity index is 3000. The highest BCUT2D eigenvalue weighted by Gasteiger charge is 2.59. The molecule has 0 amide bonds. The summed E-state index contributed by atoms with van der Waals surface area (Å²) in [5, 5.41) is 1.05. The van der Waals surface area contributed by atoms with Crippen molar-refractivity contribution in [2.24, 2.45) is 0 Å². The lowest BCUT2D eigenvalue weighted by atomic mass is 9.52. The van der Waals surface area contributed by atoms with E-state index in [4.69, 9.17) is 9.97 Å². The Morgan fingerprint density at radius 2 is 0.889 bits per heavy atom. The third kappa shape index (κ3) is 3.60. The van der Waals surface area contributed by atoms with Crippen LogP contribution in [0.3, 0.4) is 0 Å². The van der Waals surface area contributed by atoms with Gasteiger partial charge in [0.1, 0.15) is 0 Å². The third-order valence-corrected chi connectivity index (χ3v) is 12.4. The lowest BCUT2D eigenvalue weighted by Crippen LogP contribution is -2.43. The Labute approximate surface area is 314 Å². The maximum absolute atomic E-state index is 5.34. The minimum atomic E-state index is -0.566. The lowest BCUT2D eigenvalue weighted by molar-refractivity contribution is 0.636. The van der Waals surface area contributed by atoms with Gasteiger partial charge in [-0.05, 0) is 78.9 Å². The number of fused-ring (bicyclic) bond motifs is 13. The van der Waals surface area contributed by atoms with E-state index >= 15 is 0 Å². The number of rotatable bonds is 3. The highest BCUT2D eigenvalue weighted by Crippen LogP contribution is 2.68. The molecule has 0 saturated heterocycles. The topological polar surface area (TPSA) is 25.8 Å². The van der Waals surface area contributed by atoms with E-state index < -0.39 is 10.8 Å². The number of aromatic nitrogens is 2. The Kier molecular flexibility index (Phi) is 5.94. The van der Waals surface area contributed by atoms with Crippen molar-refractivity contribution in [3.8, 4) is 44.9 Å². The van der Waals surface area contributed by atoms with Gasteiger partial charge in [-0.15, -0.1) is 0 Å². The molecule has 54 heavy (non-hydrogen) atoms. The van der Waals surface area contributed by atoms with E-state index in [0.717, 1.165) is 33.5 Å². The smallest absolute Gasteiger partial charge is 0.160 e. The minimum Gasteiger partial charge on any atom is -0.228 e. The van der Waals surface area contributed by atoms with Gasteiger partial charge in [-0.1, -0.05) is 182 Å². The van der Waals surface area contributed by atoms with Crippen molar-refractivity contribution in [1.29, 1.82) is 0 Å². The van der Waals surface area contributed by atoms with Gasteiger partial charge in [0.15, 0.2) is 5.82 Å². The van der Waals surface area contributed by atoms with Crippen molar-refractivity contribution in [3.63, 3.8) is 0 Å². The molecule has 1 spiro atoms. The van der Waals surface area contributed by atoms with Crippen molar-refractivity contribution < 1.29 is 0 Å². The summed E-state index contributed by atoms with van der Waals surface area (Å²) < 4.78 is 0. The summed E-state index contributed by atoms with van der Waals surface area (Å²) in [5.41, 5.74) is 18.7. The summed E-state index contributed by atoms with van der Waals surface area (Å²) in [7, 11) is 0. The first-order chi connectivity index (χ1) is 26.8. The van der Waals surface area contributed by atoms with Gasteiger partial charge in [-0.2, -0.15) is 0 Å². The molecule has 0 saturated carbocycles. The lowest BCUT2D eigenvalue weighted by Gasteiger charge is -2.48. The predicted octanol–water partition coefficient (Wildman–Crippen LogP) is 12.0. The van der Waals surface area contributed by atoms with Crippen LogP contribution in [0.1, 0.15) is 44.5 Å².